The molecule has 0 amide bonds. The number of carbonyl (C=O) groups is 1. The molecule has 0 spiro atoms. The maximum Gasteiger partial charge on any atom is 0.164 e. The Balaban J connectivity index is 1.98. The van der Waals surface area contributed by atoms with Crippen molar-refractivity contribution in [2.45, 2.75) is 33.6 Å². The van der Waals surface area contributed by atoms with Gasteiger partial charge in [0.25, 0.3) is 0 Å². The molecule has 0 saturated carbocycles. The van der Waals surface area contributed by atoms with E-state index in [-0.39, 0.29) is 5.78 Å². The molecule has 1 heterocycles. The van der Waals surface area contributed by atoms with Gasteiger partial charge in [-0.15, -0.1) is 0 Å². The average Bonchev–Trinajstić information content (AvgIpc) is 2.63. The Morgan fingerprint density at radius 2 is 1.85 bits per heavy atom. The zero-order chi connectivity index (χ0) is 14.5. The summed E-state index contributed by atoms with van der Waals surface area (Å²) in [5, 5.41) is 3.39. The number of aryl methyl sites for hydroxylation is 3. The van der Waals surface area contributed by atoms with E-state index >= 15 is 0 Å². The molecule has 0 bridgehead atoms. The van der Waals surface area contributed by atoms with Crippen LogP contribution in [-0.2, 0) is 0 Å². The molecule has 1 aromatic carbocycles. The molecule has 3 heteroatoms. The monoisotopic (exact) mass is 274 g/mol. The molecule has 2 rings (SSSR count). The summed E-state index contributed by atoms with van der Waals surface area (Å²) in [7, 11) is 0. The quantitative estimate of drug-likeness (QED) is 0.856. The Hall–Kier alpha value is -1.19. The fraction of sp³-hybridized carbons (Fsp3) is 0.588. The summed E-state index contributed by atoms with van der Waals surface area (Å²) in [5.41, 5.74) is 4.40. The van der Waals surface area contributed by atoms with Crippen LogP contribution in [0.15, 0.2) is 12.1 Å². The Morgan fingerprint density at radius 3 is 2.55 bits per heavy atom. The molecule has 110 valence electrons. The first-order chi connectivity index (χ1) is 9.58. The van der Waals surface area contributed by atoms with Gasteiger partial charge in [0.05, 0.1) is 0 Å². The molecule has 0 atom stereocenters. The van der Waals surface area contributed by atoms with E-state index in [1.165, 1.54) is 12.0 Å². The predicted octanol–water partition coefficient (Wildman–Crippen LogP) is 2.48. The van der Waals surface area contributed by atoms with E-state index in [0.717, 1.165) is 49.4 Å². The van der Waals surface area contributed by atoms with Gasteiger partial charge in [-0.3, -0.25) is 4.79 Å². The van der Waals surface area contributed by atoms with E-state index < -0.39 is 0 Å². The number of carbonyl (C=O) groups excluding carboxylic acids is 1. The summed E-state index contributed by atoms with van der Waals surface area (Å²) >= 11 is 0. The van der Waals surface area contributed by atoms with Crippen molar-refractivity contribution in [2.75, 3.05) is 32.7 Å². The molecule has 1 fully saturated rings. The number of Topliss-reactive ketones (excluding diaryl/α,β-unsaturated/α-hetero) is 1. The minimum absolute atomic E-state index is 0.289. The van der Waals surface area contributed by atoms with Crippen LogP contribution in [0.1, 0.15) is 39.9 Å². The summed E-state index contributed by atoms with van der Waals surface area (Å²) in [6.07, 6.45) is 1.81. The van der Waals surface area contributed by atoms with Gasteiger partial charge in [0.2, 0.25) is 0 Å². The number of ketones is 1. The third-order valence-corrected chi connectivity index (χ3v) is 4.04. The third-order valence-electron chi connectivity index (χ3n) is 4.04. The lowest BCUT2D eigenvalue weighted by Gasteiger charge is -2.19. The standard InChI is InChI=1S/C17H26N2O/c1-13-11-14(2)17(15(3)12-13)16(20)5-9-19-8-4-6-18-7-10-19/h11-12,18H,4-10H2,1-3H3. The Labute approximate surface area is 122 Å². The van der Waals surface area contributed by atoms with Crippen LogP contribution < -0.4 is 5.32 Å². The fourth-order valence-corrected chi connectivity index (χ4v) is 3.13. The van der Waals surface area contributed by atoms with Crippen LogP contribution in [0.3, 0.4) is 0 Å². The smallest absolute Gasteiger partial charge is 0.164 e. The zero-order valence-corrected chi connectivity index (χ0v) is 13.0. The second-order valence-electron chi connectivity index (χ2n) is 5.89. The van der Waals surface area contributed by atoms with Crippen molar-refractivity contribution < 1.29 is 4.79 Å². The SMILES string of the molecule is Cc1cc(C)c(C(=O)CCN2CCCNCC2)c(C)c1. The van der Waals surface area contributed by atoms with Gasteiger partial charge < -0.3 is 10.2 Å². The first kappa shape index (κ1) is 15.2. The molecule has 1 aliphatic heterocycles. The maximum atomic E-state index is 12.5. The van der Waals surface area contributed by atoms with Crippen molar-refractivity contribution in [3.63, 3.8) is 0 Å². The first-order valence-corrected chi connectivity index (χ1v) is 7.62. The van der Waals surface area contributed by atoms with E-state index in [2.05, 4.69) is 29.3 Å². The van der Waals surface area contributed by atoms with E-state index in [4.69, 9.17) is 0 Å². The lowest BCUT2D eigenvalue weighted by Crippen LogP contribution is -2.30. The average molecular weight is 274 g/mol. The van der Waals surface area contributed by atoms with E-state index in [1.807, 2.05) is 13.8 Å². The second-order valence-corrected chi connectivity index (χ2v) is 5.89. The van der Waals surface area contributed by atoms with Crippen LogP contribution in [0, 0.1) is 20.8 Å². The van der Waals surface area contributed by atoms with Crippen LogP contribution >= 0.6 is 0 Å². The van der Waals surface area contributed by atoms with Crippen LogP contribution in [0.5, 0.6) is 0 Å². The number of hydrogen-bond donors (Lipinski definition) is 1. The lowest BCUT2D eigenvalue weighted by molar-refractivity contribution is 0.0964. The Kier molecular flexibility index (Phi) is 5.32. The largest absolute Gasteiger partial charge is 0.315 e. The maximum absolute atomic E-state index is 12.5. The van der Waals surface area contributed by atoms with Gasteiger partial charge in [0.15, 0.2) is 5.78 Å². The minimum Gasteiger partial charge on any atom is -0.315 e. The highest BCUT2D eigenvalue weighted by molar-refractivity contribution is 5.99. The molecule has 20 heavy (non-hydrogen) atoms. The minimum atomic E-state index is 0.289. The molecular formula is C17H26N2O. The number of nitrogens with zero attached hydrogens (tertiary/aromatic N) is 1. The zero-order valence-electron chi connectivity index (χ0n) is 13.0. The highest BCUT2D eigenvalue weighted by Crippen LogP contribution is 2.18. The van der Waals surface area contributed by atoms with Gasteiger partial charge in [0.1, 0.15) is 0 Å². The van der Waals surface area contributed by atoms with Crippen LogP contribution in [0.2, 0.25) is 0 Å². The summed E-state index contributed by atoms with van der Waals surface area (Å²) < 4.78 is 0. The normalized spacial score (nSPS) is 16.9. The van der Waals surface area contributed by atoms with Crippen LogP contribution in [-0.4, -0.2) is 43.4 Å². The summed E-state index contributed by atoms with van der Waals surface area (Å²) in [5.74, 6) is 0.289. The van der Waals surface area contributed by atoms with Gasteiger partial charge in [0, 0.05) is 31.6 Å². The first-order valence-electron chi connectivity index (χ1n) is 7.62. The van der Waals surface area contributed by atoms with Crippen LogP contribution in [0.4, 0.5) is 0 Å². The molecule has 1 aromatic rings. The van der Waals surface area contributed by atoms with Crippen molar-refractivity contribution in [2.24, 2.45) is 0 Å². The number of benzene rings is 1. The molecular weight excluding hydrogens is 248 g/mol. The summed E-state index contributed by atoms with van der Waals surface area (Å²) in [6.45, 7) is 11.3. The van der Waals surface area contributed by atoms with Crippen molar-refractivity contribution in [3.8, 4) is 0 Å². The molecule has 1 aliphatic rings. The summed E-state index contributed by atoms with van der Waals surface area (Å²) in [4.78, 5) is 14.9. The van der Waals surface area contributed by atoms with Crippen molar-refractivity contribution in [3.05, 3.63) is 34.4 Å². The van der Waals surface area contributed by atoms with Gasteiger partial charge in [-0.25, -0.2) is 0 Å². The third kappa shape index (κ3) is 3.90. The molecule has 0 radical (unpaired) electrons. The summed E-state index contributed by atoms with van der Waals surface area (Å²) in [6, 6.07) is 4.21. The molecule has 3 nitrogen and oxygen atoms in total. The number of hydrogen-bond acceptors (Lipinski definition) is 3. The molecule has 1 N–H and O–H groups in total. The molecule has 0 aliphatic carbocycles. The Morgan fingerprint density at radius 1 is 1.15 bits per heavy atom. The fourth-order valence-electron chi connectivity index (χ4n) is 3.13. The molecule has 1 saturated heterocycles. The van der Waals surface area contributed by atoms with E-state index in [1.54, 1.807) is 0 Å². The molecule has 0 aromatic heterocycles. The van der Waals surface area contributed by atoms with Gasteiger partial charge in [-0.05, 0) is 51.4 Å². The number of nitrogens with one attached hydrogen (secondary N) is 1. The van der Waals surface area contributed by atoms with Gasteiger partial charge >= 0.3 is 0 Å². The van der Waals surface area contributed by atoms with Crippen molar-refractivity contribution in [1.82, 2.24) is 10.2 Å². The number of rotatable bonds is 4. The highest BCUT2D eigenvalue weighted by atomic mass is 16.1. The Bertz CT molecular complexity index is 451. The lowest BCUT2D eigenvalue weighted by atomic mass is 9.95. The highest BCUT2D eigenvalue weighted by Gasteiger charge is 2.15. The van der Waals surface area contributed by atoms with Crippen LogP contribution in [0.25, 0.3) is 0 Å². The second kappa shape index (κ2) is 7.00. The predicted molar refractivity (Wildman–Crippen MR) is 83.5 cm³/mol. The van der Waals surface area contributed by atoms with E-state index in [9.17, 15) is 4.79 Å². The topological polar surface area (TPSA) is 32.3 Å². The van der Waals surface area contributed by atoms with Gasteiger partial charge in [-0.2, -0.15) is 0 Å². The van der Waals surface area contributed by atoms with Crippen molar-refractivity contribution >= 4 is 5.78 Å². The van der Waals surface area contributed by atoms with Crippen molar-refractivity contribution in [1.29, 1.82) is 0 Å². The molecule has 0 unspecified atom stereocenters. The van der Waals surface area contributed by atoms with Gasteiger partial charge in [-0.1, -0.05) is 17.7 Å². The van der Waals surface area contributed by atoms with E-state index in [0.29, 0.717) is 6.42 Å².